The van der Waals surface area contributed by atoms with Gasteiger partial charge in [0, 0.05) is 6.42 Å². The van der Waals surface area contributed by atoms with E-state index in [1.54, 1.807) is 0 Å². The standard InChI is InChI=1S/C14H26N3O9P/c1-4-25-27(23,26-5-2)13(12(20)16-8-11(19)24-3)17-10(18)7-6-9(15)14(21)22/h9,13H,4-8,15H2,1-3H3,(H,16,20)(H,17,18)(H,21,22)/t9-,13?/m0/s1. The smallest absolute Gasteiger partial charge is 0.362 e. The number of nitrogens with one attached hydrogen (secondary N) is 2. The number of hydrogen-bond acceptors (Lipinski definition) is 9. The molecule has 0 aromatic heterocycles. The lowest BCUT2D eigenvalue weighted by Crippen LogP contribution is -2.48. The van der Waals surface area contributed by atoms with Crippen LogP contribution in [0.1, 0.15) is 26.7 Å². The van der Waals surface area contributed by atoms with Crippen molar-refractivity contribution in [3.63, 3.8) is 0 Å². The Morgan fingerprint density at radius 2 is 1.70 bits per heavy atom. The summed E-state index contributed by atoms with van der Waals surface area (Å²) in [6.07, 6.45) is -0.544. The van der Waals surface area contributed by atoms with Gasteiger partial charge in [-0.05, 0) is 20.3 Å². The molecule has 2 atom stereocenters. The Bertz CT molecular complexity index is 574. The molecule has 0 spiro atoms. The van der Waals surface area contributed by atoms with Crippen molar-refractivity contribution >= 4 is 31.3 Å². The highest BCUT2D eigenvalue weighted by atomic mass is 31.2. The van der Waals surface area contributed by atoms with E-state index in [1.165, 1.54) is 13.8 Å². The van der Waals surface area contributed by atoms with E-state index in [1.807, 2.05) is 0 Å². The number of nitrogens with two attached hydrogens (primary N) is 1. The van der Waals surface area contributed by atoms with E-state index in [0.717, 1.165) is 7.11 Å². The summed E-state index contributed by atoms with van der Waals surface area (Å²) in [5, 5.41) is 13.1. The highest BCUT2D eigenvalue weighted by Gasteiger charge is 2.42. The third-order valence-corrected chi connectivity index (χ3v) is 5.35. The van der Waals surface area contributed by atoms with Crippen molar-refractivity contribution in [2.24, 2.45) is 5.73 Å². The van der Waals surface area contributed by atoms with Crippen LogP contribution in [0.15, 0.2) is 0 Å². The van der Waals surface area contributed by atoms with Gasteiger partial charge in [-0.25, -0.2) is 0 Å². The van der Waals surface area contributed by atoms with Gasteiger partial charge in [0.25, 0.3) is 5.91 Å². The number of carboxylic acid groups (broad SMARTS) is 1. The van der Waals surface area contributed by atoms with Crippen molar-refractivity contribution in [3.05, 3.63) is 0 Å². The molecule has 27 heavy (non-hydrogen) atoms. The summed E-state index contributed by atoms with van der Waals surface area (Å²) in [7, 11) is -3.00. The molecule has 0 aliphatic heterocycles. The second-order valence-electron chi connectivity index (χ2n) is 5.12. The molecule has 0 bridgehead atoms. The number of carboxylic acids is 1. The minimum absolute atomic E-state index is 0.0716. The predicted octanol–water partition coefficient (Wildman–Crippen LogP) is -0.824. The first-order chi connectivity index (χ1) is 12.6. The average molecular weight is 411 g/mol. The van der Waals surface area contributed by atoms with Crippen molar-refractivity contribution in [3.8, 4) is 0 Å². The first-order valence-corrected chi connectivity index (χ1v) is 9.73. The summed E-state index contributed by atoms with van der Waals surface area (Å²) in [4.78, 5) is 46.3. The summed E-state index contributed by atoms with van der Waals surface area (Å²) >= 11 is 0. The van der Waals surface area contributed by atoms with Crippen LogP contribution in [0.3, 0.4) is 0 Å². The van der Waals surface area contributed by atoms with Gasteiger partial charge in [0.05, 0.1) is 20.3 Å². The Morgan fingerprint density at radius 1 is 1.15 bits per heavy atom. The van der Waals surface area contributed by atoms with Gasteiger partial charge in [0.2, 0.25) is 11.7 Å². The summed E-state index contributed by atoms with van der Waals surface area (Å²) < 4.78 is 27.4. The summed E-state index contributed by atoms with van der Waals surface area (Å²) in [6.45, 7) is 2.37. The molecule has 13 heteroatoms. The summed E-state index contributed by atoms with van der Waals surface area (Å²) in [5.41, 5.74) is 5.32. The number of hydrogen-bond donors (Lipinski definition) is 4. The molecule has 12 nitrogen and oxygen atoms in total. The van der Waals surface area contributed by atoms with E-state index < -0.39 is 49.7 Å². The Morgan fingerprint density at radius 3 is 2.15 bits per heavy atom. The number of esters is 1. The van der Waals surface area contributed by atoms with E-state index >= 15 is 0 Å². The minimum atomic E-state index is -4.12. The van der Waals surface area contributed by atoms with Crippen molar-refractivity contribution in [2.75, 3.05) is 26.9 Å². The molecule has 1 unspecified atom stereocenters. The van der Waals surface area contributed by atoms with Crippen molar-refractivity contribution in [1.29, 1.82) is 0 Å². The lowest BCUT2D eigenvalue weighted by atomic mass is 10.1. The Kier molecular flexibility index (Phi) is 11.5. The van der Waals surface area contributed by atoms with Gasteiger partial charge in [0.15, 0.2) is 0 Å². The van der Waals surface area contributed by atoms with E-state index in [-0.39, 0.29) is 26.1 Å². The zero-order chi connectivity index (χ0) is 21.0. The van der Waals surface area contributed by atoms with E-state index in [4.69, 9.17) is 19.9 Å². The number of amides is 2. The highest BCUT2D eigenvalue weighted by molar-refractivity contribution is 7.55. The number of carbonyl (C=O) groups is 4. The van der Waals surface area contributed by atoms with Crippen molar-refractivity contribution < 1.29 is 42.6 Å². The quantitative estimate of drug-likeness (QED) is 0.220. The highest BCUT2D eigenvalue weighted by Crippen LogP contribution is 2.52. The van der Waals surface area contributed by atoms with Crippen LogP contribution in [0.4, 0.5) is 0 Å². The monoisotopic (exact) mass is 411 g/mol. The Balaban J connectivity index is 5.29. The molecule has 0 fully saturated rings. The minimum Gasteiger partial charge on any atom is -0.480 e. The van der Waals surface area contributed by atoms with Crippen LogP contribution in [0.25, 0.3) is 0 Å². The van der Waals surface area contributed by atoms with Crippen LogP contribution in [0.2, 0.25) is 0 Å². The van der Waals surface area contributed by atoms with Gasteiger partial charge >= 0.3 is 19.5 Å². The van der Waals surface area contributed by atoms with E-state index in [2.05, 4.69) is 15.4 Å². The summed E-state index contributed by atoms with van der Waals surface area (Å²) in [5.74, 6) is -5.56. The maximum Gasteiger partial charge on any atom is 0.362 e. The van der Waals surface area contributed by atoms with Crippen molar-refractivity contribution in [1.82, 2.24) is 10.6 Å². The van der Waals surface area contributed by atoms with Gasteiger partial charge in [-0.1, -0.05) is 0 Å². The van der Waals surface area contributed by atoms with Gasteiger partial charge in [-0.3, -0.25) is 23.7 Å². The molecule has 0 aromatic carbocycles. The lowest BCUT2D eigenvalue weighted by molar-refractivity contribution is -0.141. The molecule has 0 aromatic rings. The van der Waals surface area contributed by atoms with E-state index in [9.17, 15) is 23.7 Å². The Hall–Kier alpha value is -2.01. The molecule has 2 amide bonds. The molecule has 0 saturated heterocycles. The number of methoxy groups -OCH3 is 1. The zero-order valence-corrected chi connectivity index (χ0v) is 16.3. The van der Waals surface area contributed by atoms with E-state index in [0.29, 0.717) is 0 Å². The Labute approximate surface area is 156 Å². The maximum absolute atomic E-state index is 12.9. The molecule has 0 aliphatic rings. The molecular formula is C14H26N3O9P. The molecule has 0 saturated carbocycles. The summed E-state index contributed by atoms with van der Waals surface area (Å²) in [6, 6.07) is -1.27. The van der Waals surface area contributed by atoms with Crippen LogP contribution in [-0.2, 0) is 37.5 Å². The van der Waals surface area contributed by atoms with Gasteiger partial charge in [-0.2, -0.15) is 0 Å². The van der Waals surface area contributed by atoms with Gasteiger partial charge in [-0.15, -0.1) is 0 Å². The third-order valence-electron chi connectivity index (χ3n) is 3.11. The molecule has 0 aliphatic carbocycles. The normalized spacial score (nSPS) is 13.3. The number of ether oxygens (including phenoxy) is 1. The second kappa shape index (κ2) is 12.4. The van der Waals surface area contributed by atoms with Crippen LogP contribution in [-0.4, -0.2) is 67.6 Å². The lowest BCUT2D eigenvalue weighted by Gasteiger charge is -2.26. The number of carbonyl (C=O) groups excluding carboxylic acids is 3. The zero-order valence-electron chi connectivity index (χ0n) is 15.4. The average Bonchev–Trinajstić information content (AvgIpc) is 2.61. The second-order valence-corrected chi connectivity index (χ2v) is 7.24. The van der Waals surface area contributed by atoms with Crippen LogP contribution >= 0.6 is 7.60 Å². The third kappa shape index (κ3) is 8.96. The molecule has 0 heterocycles. The van der Waals surface area contributed by atoms with Crippen LogP contribution < -0.4 is 16.4 Å². The fourth-order valence-corrected chi connectivity index (χ4v) is 3.57. The predicted molar refractivity (Wildman–Crippen MR) is 92.7 cm³/mol. The van der Waals surface area contributed by atoms with Crippen LogP contribution in [0.5, 0.6) is 0 Å². The maximum atomic E-state index is 12.9. The van der Waals surface area contributed by atoms with Gasteiger partial charge in [0.1, 0.15) is 12.6 Å². The first kappa shape index (κ1) is 25.0. The SMILES string of the molecule is CCOP(=O)(OCC)C(NC(=O)CC[C@H](N)C(=O)O)C(=O)NCC(=O)OC. The fraction of sp³-hybridized carbons (Fsp3) is 0.714. The molecule has 0 rings (SSSR count). The topological polar surface area (TPSA) is 183 Å². The largest absolute Gasteiger partial charge is 0.480 e. The molecular weight excluding hydrogens is 385 g/mol. The number of rotatable bonds is 13. The number of aliphatic carboxylic acids is 1. The van der Waals surface area contributed by atoms with Gasteiger partial charge < -0.3 is 35.3 Å². The molecule has 5 N–H and O–H groups in total. The molecule has 0 radical (unpaired) electrons. The van der Waals surface area contributed by atoms with Crippen molar-refractivity contribution in [2.45, 2.75) is 38.5 Å². The van der Waals surface area contributed by atoms with Crippen LogP contribution in [0, 0.1) is 0 Å². The first-order valence-electron chi connectivity index (χ1n) is 8.12. The molecule has 156 valence electrons. The fourth-order valence-electron chi connectivity index (χ4n) is 1.80.